The van der Waals surface area contributed by atoms with Crippen LogP contribution in [-0.2, 0) is 0 Å². The summed E-state index contributed by atoms with van der Waals surface area (Å²) >= 11 is 0. The molecule has 23 heavy (non-hydrogen) atoms. The number of rotatable bonds is 11. The van der Waals surface area contributed by atoms with Gasteiger partial charge in [0.2, 0.25) is 0 Å². The van der Waals surface area contributed by atoms with Gasteiger partial charge in [-0.2, -0.15) is 13.2 Å². The first-order valence-electron chi connectivity index (χ1n) is 9.90. The molecule has 0 aliphatic heterocycles. The molecule has 136 valence electrons. The maximum atomic E-state index is 14.1. The van der Waals surface area contributed by atoms with Crippen molar-refractivity contribution in [3.63, 3.8) is 0 Å². The summed E-state index contributed by atoms with van der Waals surface area (Å²) in [5.41, 5.74) is -1.78. The second-order valence-electron chi connectivity index (χ2n) is 8.39. The van der Waals surface area contributed by atoms with E-state index >= 15 is 0 Å². The van der Waals surface area contributed by atoms with Crippen molar-refractivity contribution < 1.29 is 13.2 Å². The van der Waals surface area contributed by atoms with Gasteiger partial charge in [-0.25, -0.2) is 0 Å². The van der Waals surface area contributed by atoms with Crippen LogP contribution in [0.2, 0.25) is 0 Å². The number of hydrogen-bond acceptors (Lipinski definition) is 0. The van der Waals surface area contributed by atoms with Gasteiger partial charge in [-0.05, 0) is 42.9 Å². The lowest BCUT2D eigenvalue weighted by molar-refractivity contribution is -0.300. The predicted octanol–water partition coefficient (Wildman–Crippen LogP) is 7.52. The molecule has 2 saturated carbocycles. The van der Waals surface area contributed by atoms with E-state index in [9.17, 15) is 13.2 Å². The second kappa shape index (κ2) is 7.35. The van der Waals surface area contributed by atoms with Gasteiger partial charge in [-0.1, -0.05) is 72.1 Å². The van der Waals surface area contributed by atoms with E-state index in [1.54, 1.807) is 0 Å². The highest BCUT2D eigenvalue weighted by Crippen LogP contribution is 2.84. The van der Waals surface area contributed by atoms with Crippen molar-refractivity contribution >= 4 is 0 Å². The van der Waals surface area contributed by atoms with Crippen LogP contribution in [0.3, 0.4) is 0 Å². The largest absolute Gasteiger partial charge is 0.395 e. The highest BCUT2D eigenvalue weighted by molar-refractivity contribution is 5.25. The molecule has 0 saturated heterocycles. The Morgan fingerprint density at radius 2 is 1.39 bits per heavy atom. The maximum Gasteiger partial charge on any atom is 0.395 e. The third kappa shape index (κ3) is 3.44. The van der Waals surface area contributed by atoms with E-state index in [2.05, 4.69) is 13.8 Å². The number of fused-ring (bicyclic) bond motifs is 1. The molecule has 2 aliphatic rings. The number of unbranched alkanes of at least 4 members (excludes halogenated alkanes) is 6. The summed E-state index contributed by atoms with van der Waals surface area (Å²) in [6, 6.07) is 0. The molecule has 3 unspecified atom stereocenters. The topological polar surface area (TPSA) is 0 Å². The van der Waals surface area contributed by atoms with Crippen LogP contribution >= 0.6 is 0 Å². The number of alkyl halides is 3. The maximum absolute atomic E-state index is 14.1. The van der Waals surface area contributed by atoms with Crippen LogP contribution in [0.15, 0.2) is 0 Å². The van der Waals surface area contributed by atoms with Gasteiger partial charge in [0.05, 0.1) is 5.41 Å². The normalized spacial score (nSPS) is 32.7. The Hall–Kier alpha value is -0.210. The Morgan fingerprint density at radius 3 is 1.70 bits per heavy atom. The van der Waals surface area contributed by atoms with Crippen molar-refractivity contribution in [2.75, 3.05) is 0 Å². The fraction of sp³-hybridized carbons (Fsp3) is 1.00. The van der Waals surface area contributed by atoms with Crippen molar-refractivity contribution in [2.24, 2.45) is 22.7 Å². The van der Waals surface area contributed by atoms with E-state index in [1.165, 1.54) is 0 Å². The van der Waals surface area contributed by atoms with Gasteiger partial charge < -0.3 is 0 Å². The average Bonchev–Trinajstić information content (AvgIpc) is 3.01. The Labute approximate surface area is 140 Å². The van der Waals surface area contributed by atoms with Crippen molar-refractivity contribution in [3.8, 4) is 0 Å². The lowest BCUT2D eigenvalue weighted by Crippen LogP contribution is -2.56. The Balaban J connectivity index is 2.04. The van der Waals surface area contributed by atoms with Crippen LogP contribution in [0.1, 0.15) is 97.8 Å². The second-order valence-corrected chi connectivity index (χ2v) is 8.39. The van der Waals surface area contributed by atoms with Gasteiger partial charge in [-0.3, -0.25) is 0 Å². The molecule has 0 N–H and O–H groups in total. The van der Waals surface area contributed by atoms with E-state index in [-0.39, 0.29) is 5.92 Å². The molecule has 0 radical (unpaired) electrons. The minimum atomic E-state index is -4.02. The van der Waals surface area contributed by atoms with Crippen LogP contribution in [-0.4, -0.2) is 6.18 Å². The fourth-order valence-corrected chi connectivity index (χ4v) is 5.36. The lowest BCUT2D eigenvalue weighted by Gasteiger charge is -2.54. The van der Waals surface area contributed by atoms with Gasteiger partial charge in [0.15, 0.2) is 0 Å². The fourth-order valence-electron chi connectivity index (χ4n) is 5.36. The monoisotopic (exact) mass is 332 g/mol. The molecule has 3 heteroatoms. The molecular formula is C20H35F3. The quantitative estimate of drug-likeness (QED) is 0.343. The Morgan fingerprint density at radius 1 is 0.870 bits per heavy atom. The molecule has 0 aromatic carbocycles. The number of hydrogen-bond donors (Lipinski definition) is 0. The van der Waals surface area contributed by atoms with E-state index in [4.69, 9.17) is 0 Å². The van der Waals surface area contributed by atoms with E-state index < -0.39 is 17.0 Å². The summed E-state index contributed by atoms with van der Waals surface area (Å²) < 4.78 is 42.2. The molecule has 0 heterocycles. The van der Waals surface area contributed by atoms with E-state index in [0.29, 0.717) is 12.3 Å². The predicted molar refractivity (Wildman–Crippen MR) is 90.3 cm³/mol. The lowest BCUT2D eigenvalue weighted by atomic mass is 9.51. The first kappa shape index (κ1) is 19.1. The number of halogens is 3. The minimum Gasteiger partial charge on any atom is -0.170 e. The Bertz CT molecular complexity index is 356. The molecule has 0 bridgehead atoms. The van der Waals surface area contributed by atoms with Crippen molar-refractivity contribution in [3.05, 3.63) is 0 Å². The van der Waals surface area contributed by atoms with Gasteiger partial charge in [0.1, 0.15) is 0 Å². The molecule has 2 rings (SSSR count). The minimum absolute atomic E-state index is 0.139. The van der Waals surface area contributed by atoms with Gasteiger partial charge in [-0.15, -0.1) is 0 Å². The van der Waals surface area contributed by atoms with E-state index in [1.807, 2.05) is 6.92 Å². The third-order valence-electron chi connectivity index (χ3n) is 7.01. The van der Waals surface area contributed by atoms with Crippen molar-refractivity contribution in [1.29, 1.82) is 0 Å². The summed E-state index contributed by atoms with van der Waals surface area (Å²) in [5.74, 6) is 0.220. The highest BCUT2D eigenvalue weighted by atomic mass is 19.4. The molecule has 2 aliphatic carbocycles. The first-order valence-corrected chi connectivity index (χ1v) is 9.90. The van der Waals surface area contributed by atoms with E-state index in [0.717, 1.165) is 70.6 Å². The zero-order valence-electron chi connectivity index (χ0n) is 15.3. The van der Waals surface area contributed by atoms with Gasteiger partial charge in [0.25, 0.3) is 0 Å². The highest BCUT2D eigenvalue weighted by Gasteiger charge is 2.83. The molecule has 0 aromatic rings. The van der Waals surface area contributed by atoms with Crippen LogP contribution < -0.4 is 0 Å². The molecule has 2 fully saturated rings. The zero-order chi connectivity index (χ0) is 17.1. The zero-order valence-corrected chi connectivity index (χ0v) is 15.3. The molecule has 3 atom stereocenters. The first-order chi connectivity index (χ1) is 10.8. The van der Waals surface area contributed by atoms with Gasteiger partial charge in [0, 0.05) is 0 Å². The van der Waals surface area contributed by atoms with Crippen molar-refractivity contribution in [2.45, 2.75) is 104 Å². The standard InChI is InChI=1S/C20H35F3/c1-4-6-8-10-12-16(13-11-9-7-5-2)19(20(21,22)23)15-17-14-18(17,19)3/h16-17H,4-15H2,1-3H3. The molecular weight excluding hydrogens is 297 g/mol. The van der Waals surface area contributed by atoms with Crippen LogP contribution in [0.4, 0.5) is 13.2 Å². The Kier molecular flexibility index (Phi) is 6.11. The summed E-state index contributed by atoms with van der Waals surface area (Å²) in [5, 5.41) is 0. The van der Waals surface area contributed by atoms with Crippen LogP contribution in [0.25, 0.3) is 0 Å². The SMILES string of the molecule is CCCCCCC(CCCCCC)C1(C(F)(F)F)CC2CC21C. The summed E-state index contributed by atoms with van der Waals surface area (Å²) in [4.78, 5) is 0. The van der Waals surface area contributed by atoms with Crippen LogP contribution in [0.5, 0.6) is 0 Å². The van der Waals surface area contributed by atoms with Crippen LogP contribution in [0, 0.1) is 22.7 Å². The summed E-state index contributed by atoms with van der Waals surface area (Å²) in [7, 11) is 0. The summed E-state index contributed by atoms with van der Waals surface area (Å²) in [6.07, 6.45) is 7.52. The summed E-state index contributed by atoms with van der Waals surface area (Å²) in [6.45, 7) is 6.22. The molecule has 0 aromatic heterocycles. The molecule has 0 spiro atoms. The molecule has 0 nitrogen and oxygen atoms in total. The average molecular weight is 332 g/mol. The van der Waals surface area contributed by atoms with Gasteiger partial charge >= 0.3 is 6.18 Å². The smallest absolute Gasteiger partial charge is 0.170 e. The molecule has 0 amide bonds. The third-order valence-corrected chi connectivity index (χ3v) is 7.01. The van der Waals surface area contributed by atoms with Crippen molar-refractivity contribution in [1.82, 2.24) is 0 Å².